The predicted octanol–water partition coefficient (Wildman–Crippen LogP) is 2.86. The van der Waals surface area contributed by atoms with Crippen LogP contribution in [0.25, 0.3) is 0 Å². The minimum atomic E-state index is 0.550. The van der Waals surface area contributed by atoms with Crippen LogP contribution in [0.15, 0.2) is 17.5 Å². The molecule has 2 atom stereocenters. The lowest BCUT2D eigenvalue weighted by atomic mass is 10.2. The third-order valence-corrected chi connectivity index (χ3v) is 4.35. The molecule has 66 valence electrons. The van der Waals surface area contributed by atoms with Crippen molar-refractivity contribution in [3.63, 3.8) is 0 Å². The Balaban J connectivity index is 2.04. The Kier molecular flexibility index (Phi) is 2.73. The Bertz CT molecular complexity index is 233. The standard InChI is InChI=1S/C9H13NS2/c1-7-4-6-12-9(10-7)8-3-2-5-11-8/h2-3,5,7,9-10H,4,6H2,1H3. The molecule has 0 radical (unpaired) electrons. The van der Waals surface area contributed by atoms with Gasteiger partial charge in [0.1, 0.15) is 0 Å². The van der Waals surface area contributed by atoms with Gasteiger partial charge in [0.2, 0.25) is 0 Å². The van der Waals surface area contributed by atoms with Crippen LogP contribution in [0.3, 0.4) is 0 Å². The van der Waals surface area contributed by atoms with Gasteiger partial charge in [-0.3, -0.25) is 5.32 Å². The van der Waals surface area contributed by atoms with Gasteiger partial charge in [-0.05, 0) is 30.5 Å². The van der Waals surface area contributed by atoms with Crippen LogP contribution in [-0.4, -0.2) is 11.8 Å². The summed E-state index contributed by atoms with van der Waals surface area (Å²) in [7, 11) is 0. The van der Waals surface area contributed by atoms with Crippen LogP contribution in [-0.2, 0) is 0 Å². The number of thioether (sulfide) groups is 1. The van der Waals surface area contributed by atoms with Gasteiger partial charge in [0.15, 0.2) is 0 Å². The molecule has 1 aliphatic rings. The van der Waals surface area contributed by atoms with Crippen molar-refractivity contribution in [1.29, 1.82) is 0 Å². The van der Waals surface area contributed by atoms with E-state index >= 15 is 0 Å². The highest BCUT2D eigenvalue weighted by atomic mass is 32.2. The van der Waals surface area contributed by atoms with Crippen LogP contribution in [0.1, 0.15) is 23.6 Å². The van der Waals surface area contributed by atoms with Gasteiger partial charge in [-0.1, -0.05) is 6.07 Å². The van der Waals surface area contributed by atoms with E-state index < -0.39 is 0 Å². The Labute approximate surface area is 81.6 Å². The van der Waals surface area contributed by atoms with Crippen LogP contribution < -0.4 is 5.32 Å². The monoisotopic (exact) mass is 199 g/mol. The molecule has 1 aromatic heterocycles. The molecule has 0 bridgehead atoms. The van der Waals surface area contributed by atoms with E-state index in [-0.39, 0.29) is 0 Å². The summed E-state index contributed by atoms with van der Waals surface area (Å²) in [6, 6.07) is 5.02. The second-order valence-corrected chi connectivity index (χ2v) is 5.31. The van der Waals surface area contributed by atoms with Crippen molar-refractivity contribution in [3.8, 4) is 0 Å². The molecule has 1 saturated heterocycles. The van der Waals surface area contributed by atoms with E-state index in [1.165, 1.54) is 17.1 Å². The van der Waals surface area contributed by atoms with Crippen LogP contribution in [0, 0.1) is 0 Å². The Morgan fingerprint density at radius 1 is 1.58 bits per heavy atom. The molecule has 2 heterocycles. The number of hydrogen-bond acceptors (Lipinski definition) is 3. The summed E-state index contributed by atoms with van der Waals surface area (Å²) in [5, 5.41) is 6.29. The fraction of sp³-hybridized carbons (Fsp3) is 0.556. The highest BCUT2D eigenvalue weighted by Gasteiger charge is 2.19. The molecule has 0 aromatic carbocycles. The largest absolute Gasteiger partial charge is 0.298 e. The quantitative estimate of drug-likeness (QED) is 0.746. The van der Waals surface area contributed by atoms with Crippen LogP contribution in [0.5, 0.6) is 0 Å². The molecule has 2 unspecified atom stereocenters. The first-order valence-corrected chi connectivity index (χ1v) is 6.20. The second-order valence-electron chi connectivity index (χ2n) is 3.12. The first-order chi connectivity index (χ1) is 5.86. The average molecular weight is 199 g/mol. The van der Waals surface area contributed by atoms with Crippen LogP contribution >= 0.6 is 23.1 Å². The minimum absolute atomic E-state index is 0.550. The molecule has 1 nitrogen and oxygen atoms in total. The molecule has 3 heteroatoms. The van der Waals surface area contributed by atoms with E-state index in [0.717, 1.165) is 0 Å². The topological polar surface area (TPSA) is 12.0 Å². The molecule has 1 aliphatic heterocycles. The summed E-state index contributed by atoms with van der Waals surface area (Å²) in [5.74, 6) is 1.29. The van der Waals surface area contributed by atoms with E-state index in [1.807, 2.05) is 23.1 Å². The maximum atomic E-state index is 3.59. The van der Waals surface area contributed by atoms with Crippen molar-refractivity contribution in [2.75, 3.05) is 5.75 Å². The molecule has 1 aromatic rings. The van der Waals surface area contributed by atoms with Gasteiger partial charge in [-0.15, -0.1) is 23.1 Å². The van der Waals surface area contributed by atoms with Crippen molar-refractivity contribution in [3.05, 3.63) is 22.4 Å². The van der Waals surface area contributed by atoms with E-state index in [1.54, 1.807) is 0 Å². The van der Waals surface area contributed by atoms with E-state index in [4.69, 9.17) is 0 Å². The number of nitrogens with one attached hydrogen (secondary N) is 1. The number of thiophene rings is 1. The molecule has 0 spiro atoms. The lowest BCUT2D eigenvalue weighted by molar-refractivity contribution is 0.515. The summed E-state index contributed by atoms with van der Waals surface area (Å²) < 4.78 is 0. The molecule has 2 rings (SSSR count). The average Bonchev–Trinajstić information content (AvgIpc) is 2.56. The zero-order valence-corrected chi connectivity index (χ0v) is 8.75. The van der Waals surface area contributed by atoms with Crippen molar-refractivity contribution >= 4 is 23.1 Å². The van der Waals surface area contributed by atoms with Gasteiger partial charge in [0, 0.05) is 10.9 Å². The summed E-state index contributed by atoms with van der Waals surface area (Å²) in [6.45, 7) is 2.26. The number of hydrogen-bond donors (Lipinski definition) is 1. The first kappa shape index (κ1) is 8.60. The Morgan fingerprint density at radius 2 is 2.50 bits per heavy atom. The third kappa shape index (κ3) is 1.84. The Hall–Kier alpha value is 0.01000. The van der Waals surface area contributed by atoms with Crippen LogP contribution in [0.2, 0.25) is 0 Å². The lowest BCUT2D eigenvalue weighted by Crippen LogP contribution is -2.33. The van der Waals surface area contributed by atoms with E-state index in [2.05, 4.69) is 29.8 Å². The SMILES string of the molecule is CC1CCSC(c2cccs2)N1. The smallest absolute Gasteiger partial charge is 0.0884 e. The van der Waals surface area contributed by atoms with Crippen molar-refractivity contribution in [2.24, 2.45) is 0 Å². The minimum Gasteiger partial charge on any atom is -0.298 e. The molecular formula is C9H13NS2. The molecular weight excluding hydrogens is 186 g/mol. The van der Waals surface area contributed by atoms with E-state index in [9.17, 15) is 0 Å². The predicted molar refractivity (Wildman–Crippen MR) is 56.7 cm³/mol. The molecule has 0 amide bonds. The summed E-state index contributed by atoms with van der Waals surface area (Å²) in [5.41, 5.74) is 0. The maximum absolute atomic E-state index is 3.59. The van der Waals surface area contributed by atoms with Crippen molar-refractivity contribution < 1.29 is 0 Å². The normalized spacial score (nSPS) is 30.4. The van der Waals surface area contributed by atoms with Crippen molar-refractivity contribution in [2.45, 2.75) is 24.8 Å². The van der Waals surface area contributed by atoms with Gasteiger partial charge in [-0.2, -0.15) is 0 Å². The molecule has 1 N–H and O–H groups in total. The highest BCUT2D eigenvalue weighted by Crippen LogP contribution is 2.33. The first-order valence-electron chi connectivity index (χ1n) is 4.27. The zero-order valence-electron chi connectivity index (χ0n) is 7.12. The maximum Gasteiger partial charge on any atom is 0.0884 e. The zero-order chi connectivity index (χ0) is 8.39. The van der Waals surface area contributed by atoms with Gasteiger partial charge < -0.3 is 0 Å². The molecule has 1 fully saturated rings. The Morgan fingerprint density at radius 3 is 3.17 bits per heavy atom. The fourth-order valence-corrected chi connectivity index (χ4v) is 3.69. The second kappa shape index (κ2) is 3.81. The number of rotatable bonds is 1. The fourth-order valence-electron chi connectivity index (χ4n) is 1.36. The lowest BCUT2D eigenvalue weighted by Gasteiger charge is -2.27. The molecule has 0 aliphatic carbocycles. The summed E-state index contributed by atoms with van der Waals surface area (Å²) in [4.78, 5) is 1.46. The molecule has 0 saturated carbocycles. The van der Waals surface area contributed by atoms with E-state index in [0.29, 0.717) is 11.4 Å². The molecule has 12 heavy (non-hydrogen) atoms. The van der Waals surface area contributed by atoms with Gasteiger partial charge >= 0.3 is 0 Å². The van der Waals surface area contributed by atoms with Gasteiger partial charge in [0.25, 0.3) is 0 Å². The van der Waals surface area contributed by atoms with Gasteiger partial charge in [-0.25, -0.2) is 0 Å². The third-order valence-electron chi connectivity index (χ3n) is 2.07. The summed E-state index contributed by atoms with van der Waals surface area (Å²) in [6.07, 6.45) is 1.30. The van der Waals surface area contributed by atoms with Crippen LogP contribution in [0.4, 0.5) is 0 Å². The highest BCUT2D eigenvalue weighted by molar-refractivity contribution is 7.99. The van der Waals surface area contributed by atoms with Gasteiger partial charge in [0.05, 0.1) is 5.37 Å². The summed E-state index contributed by atoms with van der Waals surface area (Å²) >= 11 is 3.87. The van der Waals surface area contributed by atoms with Crippen molar-refractivity contribution in [1.82, 2.24) is 5.32 Å².